The zero-order valence-electron chi connectivity index (χ0n) is 8.07. The highest BCUT2D eigenvalue weighted by Crippen LogP contribution is 2.18. The SMILES string of the molecule is C=CCNCc1cc(F)ccc1[N+](=O)[O-]. The molecule has 0 aliphatic carbocycles. The standard InChI is InChI=1S/C10H11FN2O2/c1-2-5-12-7-8-6-9(11)3-4-10(8)13(14)15/h2-4,6,12H,1,5,7H2. The van der Waals surface area contributed by atoms with E-state index in [1.54, 1.807) is 6.08 Å². The van der Waals surface area contributed by atoms with Crippen LogP contribution in [-0.2, 0) is 6.54 Å². The summed E-state index contributed by atoms with van der Waals surface area (Å²) < 4.78 is 12.8. The highest BCUT2D eigenvalue weighted by atomic mass is 19.1. The molecule has 0 heterocycles. The molecule has 0 aromatic heterocycles. The van der Waals surface area contributed by atoms with Crippen molar-refractivity contribution in [2.45, 2.75) is 6.54 Å². The molecule has 0 saturated heterocycles. The molecule has 0 spiro atoms. The van der Waals surface area contributed by atoms with Crippen LogP contribution < -0.4 is 5.32 Å². The number of hydrogen-bond donors (Lipinski definition) is 1. The van der Waals surface area contributed by atoms with Gasteiger partial charge in [0, 0.05) is 24.7 Å². The molecule has 0 saturated carbocycles. The summed E-state index contributed by atoms with van der Waals surface area (Å²) in [5, 5.41) is 13.5. The van der Waals surface area contributed by atoms with Crippen molar-refractivity contribution in [3.8, 4) is 0 Å². The van der Waals surface area contributed by atoms with Crippen LogP contribution in [0.15, 0.2) is 30.9 Å². The lowest BCUT2D eigenvalue weighted by Gasteiger charge is -2.03. The Bertz CT molecular complexity index is 380. The van der Waals surface area contributed by atoms with Crippen molar-refractivity contribution in [1.82, 2.24) is 5.32 Å². The summed E-state index contributed by atoms with van der Waals surface area (Å²) in [7, 11) is 0. The van der Waals surface area contributed by atoms with Gasteiger partial charge < -0.3 is 5.32 Å². The van der Waals surface area contributed by atoms with Crippen molar-refractivity contribution in [2.75, 3.05) is 6.54 Å². The monoisotopic (exact) mass is 210 g/mol. The first-order valence-corrected chi connectivity index (χ1v) is 4.39. The van der Waals surface area contributed by atoms with E-state index in [-0.39, 0.29) is 12.2 Å². The number of nitrogens with one attached hydrogen (secondary N) is 1. The number of nitro benzene ring substituents is 1. The van der Waals surface area contributed by atoms with E-state index in [0.29, 0.717) is 12.1 Å². The summed E-state index contributed by atoms with van der Waals surface area (Å²) in [4.78, 5) is 10.1. The second kappa shape index (κ2) is 5.21. The quantitative estimate of drug-likeness (QED) is 0.350. The van der Waals surface area contributed by atoms with Crippen molar-refractivity contribution in [1.29, 1.82) is 0 Å². The maximum atomic E-state index is 12.8. The van der Waals surface area contributed by atoms with Crippen molar-refractivity contribution in [3.63, 3.8) is 0 Å². The molecule has 15 heavy (non-hydrogen) atoms. The summed E-state index contributed by atoms with van der Waals surface area (Å²) in [5.41, 5.74) is 0.259. The first-order chi connectivity index (χ1) is 7.15. The molecule has 0 unspecified atom stereocenters. The molecule has 0 bridgehead atoms. The second-order valence-corrected chi connectivity index (χ2v) is 2.95. The molecule has 80 valence electrons. The Morgan fingerprint density at radius 3 is 2.93 bits per heavy atom. The fourth-order valence-electron chi connectivity index (χ4n) is 1.18. The molecule has 1 aromatic carbocycles. The van der Waals surface area contributed by atoms with E-state index in [1.807, 2.05) is 0 Å². The van der Waals surface area contributed by atoms with Gasteiger partial charge in [0.05, 0.1) is 4.92 Å². The molecule has 1 N–H and O–H groups in total. The molecular formula is C10H11FN2O2. The van der Waals surface area contributed by atoms with E-state index < -0.39 is 10.7 Å². The van der Waals surface area contributed by atoms with Crippen molar-refractivity contribution >= 4 is 5.69 Å². The number of rotatable bonds is 5. The zero-order valence-corrected chi connectivity index (χ0v) is 8.07. The molecule has 0 radical (unpaired) electrons. The average molecular weight is 210 g/mol. The minimum Gasteiger partial charge on any atom is -0.309 e. The summed E-state index contributed by atoms with van der Waals surface area (Å²) in [5.74, 6) is -0.476. The van der Waals surface area contributed by atoms with Gasteiger partial charge in [-0.1, -0.05) is 6.08 Å². The first kappa shape index (κ1) is 11.3. The number of hydrogen-bond acceptors (Lipinski definition) is 3. The van der Waals surface area contributed by atoms with Gasteiger partial charge in [0.2, 0.25) is 0 Å². The van der Waals surface area contributed by atoms with Crippen LogP contribution in [0.1, 0.15) is 5.56 Å². The lowest BCUT2D eigenvalue weighted by atomic mass is 10.1. The molecule has 0 aliphatic rings. The van der Waals surface area contributed by atoms with E-state index in [1.165, 1.54) is 6.07 Å². The topological polar surface area (TPSA) is 55.2 Å². The van der Waals surface area contributed by atoms with Gasteiger partial charge in [-0.05, 0) is 12.1 Å². The van der Waals surface area contributed by atoms with Crippen molar-refractivity contribution in [3.05, 3.63) is 52.3 Å². The normalized spacial score (nSPS) is 9.93. The molecular weight excluding hydrogens is 199 g/mol. The van der Waals surface area contributed by atoms with Crippen molar-refractivity contribution < 1.29 is 9.31 Å². The third-order valence-electron chi connectivity index (χ3n) is 1.84. The summed E-state index contributed by atoms with van der Waals surface area (Å²) in [6, 6.07) is 3.41. The maximum absolute atomic E-state index is 12.8. The van der Waals surface area contributed by atoms with E-state index in [2.05, 4.69) is 11.9 Å². The minimum atomic E-state index is -0.523. The molecule has 5 heteroatoms. The lowest BCUT2D eigenvalue weighted by molar-refractivity contribution is -0.385. The van der Waals surface area contributed by atoms with Crippen LogP contribution >= 0.6 is 0 Å². The van der Waals surface area contributed by atoms with Gasteiger partial charge in [-0.3, -0.25) is 10.1 Å². The van der Waals surface area contributed by atoms with Gasteiger partial charge >= 0.3 is 0 Å². The third-order valence-corrected chi connectivity index (χ3v) is 1.84. The van der Waals surface area contributed by atoms with Gasteiger partial charge in [0.15, 0.2) is 0 Å². The fraction of sp³-hybridized carbons (Fsp3) is 0.200. The number of nitrogens with zero attached hydrogens (tertiary/aromatic N) is 1. The van der Waals surface area contributed by atoms with Crippen LogP contribution in [0.3, 0.4) is 0 Å². The van der Waals surface area contributed by atoms with Crippen LogP contribution in [0.25, 0.3) is 0 Å². The Hall–Kier alpha value is -1.75. The smallest absolute Gasteiger partial charge is 0.274 e. The van der Waals surface area contributed by atoms with E-state index in [9.17, 15) is 14.5 Å². The van der Waals surface area contributed by atoms with Crippen molar-refractivity contribution in [2.24, 2.45) is 0 Å². The Balaban J connectivity index is 2.86. The number of halogens is 1. The van der Waals surface area contributed by atoms with Crippen LogP contribution in [0.4, 0.5) is 10.1 Å². The molecule has 0 fully saturated rings. The van der Waals surface area contributed by atoms with E-state index in [4.69, 9.17) is 0 Å². The predicted molar refractivity (Wildman–Crippen MR) is 55.0 cm³/mol. The second-order valence-electron chi connectivity index (χ2n) is 2.95. The predicted octanol–water partition coefficient (Wildman–Crippen LogP) is 2.01. The van der Waals surface area contributed by atoms with E-state index >= 15 is 0 Å². The van der Waals surface area contributed by atoms with Gasteiger partial charge in [0.1, 0.15) is 5.82 Å². The van der Waals surface area contributed by atoms with E-state index in [0.717, 1.165) is 12.1 Å². The average Bonchev–Trinajstić information content (AvgIpc) is 2.18. The van der Waals surface area contributed by atoms with Gasteiger partial charge in [0.25, 0.3) is 5.69 Å². The molecule has 1 aromatic rings. The van der Waals surface area contributed by atoms with Gasteiger partial charge in [-0.2, -0.15) is 0 Å². The number of nitro groups is 1. The Labute approximate surface area is 86.6 Å². The summed E-state index contributed by atoms with van der Waals surface area (Å²) >= 11 is 0. The van der Waals surface area contributed by atoms with Crippen LogP contribution in [0.2, 0.25) is 0 Å². The maximum Gasteiger partial charge on any atom is 0.274 e. The molecule has 1 rings (SSSR count). The van der Waals surface area contributed by atoms with Crippen LogP contribution in [0, 0.1) is 15.9 Å². The number of benzene rings is 1. The molecule has 0 aliphatic heterocycles. The highest BCUT2D eigenvalue weighted by molar-refractivity contribution is 5.40. The zero-order chi connectivity index (χ0) is 11.3. The van der Waals surface area contributed by atoms with Gasteiger partial charge in [-0.15, -0.1) is 6.58 Å². The highest BCUT2D eigenvalue weighted by Gasteiger charge is 2.13. The minimum absolute atomic E-state index is 0.0760. The lowest BCUT2D eigenvalue weighted by Crippen LogP contribution is -2.14. The molecule has 0 atom stereocenters. The summed E-state index contributed by atoms with van der Waals surface area (Å²) in [6.07, 6.45) is 1.63. The third kappa shape index (κ3) is 3.14. The van der Waals surface area contributed by atoms with Gasteiger partial charge in [-0.25, -0.2) is 4.39 Å². The fourth-order valence-corrected chi connectivity index (χ4v) is 1.18. The molecule has 4 nitrogen and oxygen atoms in total. The largest absolute Gasteiger partial charge is 0.309 e. The summed E-state index contributed by atoms with van der Waals surface area (Å²) in [6.45, 7) is 4.27. The molecule has 0 amide bonds. The first-order valence-electron chi connectivity index (χ1n) is 4.39. The van der Waals surface area contributed by atoms with Crippen LogP contribution in [-0.4, -0.2) is 11.5 Å². The van der Waals surface area contributed by atoms with Crippen LogP contribution in [0.5, 0.6) is 0 Å². The Morgan fingerprint density at radius 1 is 1.60 bits per heavy atom. The Morgan fingerprint density at radius 2 is 2.33 bits per heavy atom. The Kier molecular flexibility index (Phi) is 3.93.